The van der Waals surface area contributed by atoms with Crippen molar-refractivity contribution < 1.29 is 22.7 Å². The number of rotatable bonds is 11. The molecule has 3 N–H and O–H groups in total. The zero-order valence-electron chi connectivity index (χ0n) is 18.0. The molecule has 0 aliphatic rings. The van der Waals surface area contributed by atoms with Crippen LogP contribution in [-0.2, 0) is 27.8 Å². The van der Waals surface area contributed by atoms with Gasteiger partial charge in [0.1, 0.15) is 5.75 Å². The summed E-state index contributed by atoms with van der Waals surface area (Å²) >= 11 is 1.57. The molecule has 3 aromatic rings. The minimum Gasteiger partial charge on any atom is -0.497 e. The molecule has 2 aromatic carbocycles. The van der Waals surface area contributed by atoms with Gasteiger partial charge in [0, 0.05) is 23.5 Å². The number of amides is 2. The van der Waals surface area contributed by atoms with Crippen LogP contribution in [0.1, 0.15) is 20.8 Å². The number of carbonyl (C=O) groups excluding carboxylic acids is 2. The smallest absolute Gasteiger partial charge is 0.251 e. The Labute approximate surface area is 197 Å². The van der Waals surface area contributed by atoms with Gasteiger partial charge < -0.3 is 15.4 Å². The van der Waals surface area contributed by atoms with Crippen molar-refractivity contribution in [1.82, 2.24) is 15.4 Å². The molecule has 0 saturated carbocycles. The van der Waals surface area contributed by atoms with Gasteiger partial charge in [-0.05, 0) is 59.8 Å². The van der Waals surface area contributed by atoms with Crippen LogP contribution in [0.4, 0.5) is 0 Å². The molecule has 3 rings (SSSR count). The van der Waals surface area contributed by atoms with E-state index in [1.54, 1.807) is 30.6 Å². The summed E-state index contributed by atoms with van der Waals surface area (Å²) in [4.78, 5) is 25.5. The van der Waals surface area contributed by atoms with E-state index >= 15 is 0 Å². The van der Waals surface area contributed by atoms with Gasteiger partial charge in [0.2, 0.25) is 15.9 Å². The molecule has 33 heavy (non-hydrogen) atoms. The molecule has 174 valence electrons. The molecule has 0 saturated heterocycles. The first-order chi connectivity index (χ1) is 15.9. The minimum atomic E-state index is -3.67. The van der Waals surface area contributed by atoms with Crippen molar-refractivity contribution >= 4 is 33.2 Å². The summed E-state index contributed by atoms with van der Waals surface area (Å²) in [6.07, 6.45) is 0.609. The zero-order valence-corrected chi connectivity index (χ0v) is 19.7. The third kappa shape index (κ3) is 7.41. The van der Waals surface area contributed by atoms with E-state index in [1.807, 2.05) is 29.6 Å². The van der Waals surface area contributed by atoms with Gasteiger partial charge in [-0.15, -0.1) is 11.3 Å². The van der Waals surface area contributed by atoms with Crippen molar-refractivity contribution in [1.29, 1.82) is 0 Å². The zero-order chi connectivity index (χ0) is 23.7. The highest BCUT2D eigenvalue weighted by atomic mass is 32.2. The molecule has 2 amide bonds. The summed E-state index contributed by atoms with van der Waals surface area (Å²) in [5, 5.41) is 7.19. The fourth-order valence-corrected chi connectivity index (χ4v) is 4.64. The maximum absolute atomic E-state index is 12.4. The average molecular weight is 488 g/mol. The Hall–Kier alpha value is -3.21. The summed E-state index contributed by atoms with van der Waals surface area (Å²) in [5.74, 6) is -0.0807. The molecule has 0 spiro atoms. The van der Waals surface area contributed by atoms with Gasteiger partial charge in [0.25, 0.3) is 5.91 Å². The van der Waals surface area contributed by atoms with Crippen LogP contribution in [0.5, 0.6) is 5.75 Å². The lowest BCUT2D eigenvalue weighted by molar-refractivity contribution is -0.120. The standard InChI is InChI=1S/C23H25N3O5S2/c1-31-19-8-4-17(5-9-19)15-24-22(27)16-25-23(28)18-6-10-21(11-7-18)33(29,30)26-13-12-20-3-2-14-32-20/h2-11,14,26H,12-13,15-16H2,1H3,(H,24,27)(H,25,28). The van der Waals surface area contributed by atoms with Crippen LogP contribution in [0.15, 0.2) is 70.9 Å². The summed E-state index contributed by atoms with van der Waals surface area (Å²) in [6.45, 7) is 0.417. The van der Waals surface area contributed by atoms with E-state index in [2.05, 4.69) is 15.4 Å². The maximum Gasteiger partial charge on any atom is 0.251 e. The van der Waals surface area contributed by atoms with Crippen LogP contribution in [0.3, 0.4) is 0 Å². The van der Waals surface area contributed by atoms with E-state index in [-0.39, 0.29) is 29.5 Å². The van der Waals surface area contributed by atoms with E-state index in [0.717, 1.165) is 16.2 Å². The Morgan fingerprint density at radius 1 is 0.970 bits per heavy atom. The van der Waals surface area contributed by atoms with Crippen molar-refractivity contribution in [2.75, 3.05) is 20.2 Å². The number of hydrogen-bond acceptors (Lipinski definition) is 6. The molecule has 1 heterocycles. The Balaban J connectivity index is 1.44. The number of methoxy groups -OCH3 is 1. The highest BCUT2D eigenvalue weighted by Crippen LogP contribution is 2.13. The van der Waals surface area contributed by atoms with Gasteiger partial charge in [-0.1, -0.05) is 18.2 Å². The largest absolute Gasteiger partial charge is 0.497 e. The van der Waals surface area contributed by atoms with Crippen molar-refractivity contribution in [2.24, 2.45) is 0 Å². The maximum atomic E-state index is 12.4. The lowest BCUT2D eigenvalue weighted by Gasteiger charge is -2.09. The topological polar surface area (TPSA) is 114 Å². The molecule has 8 nitrogen and oxygen atoms in total. The SMILES string of the molecule is COc1ccc(CNC(=O)CNC(=O)c2ccc(S(=O)(=O)NCCc3cccs3)cc2)cc1. The second-order valence-corrected chi connectivity index (χ2v) is 9.86. The van der Waals surface area contributed by atoms with Crippen molar-refractivity contribution in [3.05, 3.63) is 82.0 Å². The number of nitrogens with one attached hydrogen (secondary N) is 3. The minimum absolute atomic E-state index is 0.0717. The molecule has 0 radical (unpaired) electrons. The predicted octanol–water partition coefficient (Wildman–Crippen LogP) is 2.32. The quantitative estimate of drug-likeness (QED) is 0.384. The molecule has 0 aliphatic heterocycles. The predicted molar refractivity (Wildman–Crippen MR) is 127 cm³/mol. The summed E-state index contributed by atoms with van der Waals surface area (Å²) in [7, 11) is -2.09. The van der Waals surface area contributed by atoms with Gasteiger partial charge in [-0.2, -0.15) is 0 Å². The van der Waals surface area contributed by atoms with Gasteiger partial charge in [0.15, 0.2) is 0 Å². The van der Waals surface area contributed by atoms with Gasteiger partial charge in [-0.25, -0.2) is 13.1 Å². The lowest BCUT2D eigenvalue weighted by Crippen LogP contribution is -2.36. The Morgan fingerprint density at radius 2 is 1.70 bits per heavy atom. The summed E-state index contributed by atoms with van der Waals surface area (Å²) < 4.78 is 32.5. The van der Waals surface area contributed by atoms with Gasteiger partial charge >= 0.3 is 0 Å². The van der Waals surface area contributed by atoms with Crippen LogP contribution in [-0.4, -0.2) is 40.4 Å². The number of carbonyl (C=O) groups is 2. The van der Waals surface area contributed by atoms with E-state index in [1.165, 1.54) is 24.3 Å². The number of benzene rings is 2. The third-order valence-electron chi connectivity index (χ3n) is 4.73. The van der Waals surface area contributed by atoms with Crippen LogP contribution < -0.4 is 20.1 Å². The number of ether oxygens (including phenoxy) is 1. The van der Waals surface area contributed by atoms with Crippen molar-refractivity contribution in [3.8, 4) is 5.75 Å². The fraction of sp³-hybridized carbons (Fsp3) is 0.217. The molecular formula is C23H25N3O5S2. The molecule has 0 aliphatic carbocycles. The molecule has 0 unspecified atom stereocenters. The first kappa shape index (κ1) is 24.4. The molecule has 0 fully saturated rings. The summed E-state index contributed by atoms with van der Waals surface area (Å²) in [5.41, 5.74) is 1.16. The van der Waals surface area contributed by atoms with Gasteiger partial charge in [-0.3, -0.25) is 9.59 Å². The fourth-order valence-electron chi connectivity index (χ4n) is 2.90. The Morgan fingerprint density at radius 3 is 2.33 bits per heavy atom. The molecule has 0 bridgehead atoms. The monoisotopic (exact) mass is 487 g/mol. The van der Waals surface area contributed by atoms with Crippen LogP contribution in [0.25, 0.3) is 0 Å². The van der Waals surface area contributed by atoms with E-state index < -0.39 is 15.9 Å². The van der Waals surface area contributed by atoms with Crippen LogP contribution in [0.2, 0.25) is 0 Å². The summed E-state index contributed by atoms with van der Waals surface area (Å²) in [6, 6.07) is 16.7. The first-order valence-corrected chi connectivity index (χ1v) is 12.5. The second kappa shape index (κ2) is 11.6. The third-order valence-corrected chi connectivity index (χ3v) is 7.14. The van der Waals surface area contributed by atoms with Crippen molar-refractivity contribution in [3.63, 3.8) is 0 Å². The van der Waals surface area contributed by atoms with E-state index in [9.17, 15) is 18.0 Å². The second-order valence-electron chi connectivity index (χ2n) is 7.06. The highest BCUT2D eigenvalue weighted by molar-refractivity contribution is 7.89. The van der Waals surface area contributed by atoms with Crippen LogP contribution >= 0.6 is 11.3 Å². The average Bonchev–Trinajstić information content (AvgIpc) is 3.35. The highest BCUT2D eigenvalue weighted by Gasteiger charge is 2.15. The molecular weight excluding hydrogens is 462 g/mol. The normalized spacial score (nSPS) is 11.1. The number of thiophene rings is 1. The Kier molecular flexibility index (Phi) is 8.58. The molecule has 0 atom stereocenters. The van der Waals surface area contributed by atoms with E-state index in [4.69, 9.17) is 4.74 Å². The van der Waals surface area contributed by atoms with Crippen molar-refractivity contribution in [2.45, 2.75) is 17.9 Å². The number of sulfonamides is 1. The van der Waals surface area contributed by atoms with Crippen LogP contribution in [0, 0.1) is 0 Å². The van der Waals surface area contributed by atoms with Gasteiger partial charge in [0.05, 0.1) is 18.6 Å². The van der Waals surface area contributed by atoms with E-state index in [0.29, 0.717) is 13.0 Å². The lowest BCUT2D eigenvalue weighted by atomic mass is 10.2. The number of hydrogen-bond donors (Lipinski definition) is 3. The first-order valence-electron chi connectivity index (χ1n) is 10.2. The Bertz CT molecular complexity index is 1160. The molecule has 10 heteroatoms. The molecule has 1 aromatic heterocycles.